The summed E-state index contributed by atoms with van der Waals surface area (Å²) in [4.78, 5) is 10.9. The second-order valence-electron chi connectivity index (χ2n) is 4.00. The van der Waals surface area contributed by atoms with E-state index >= 15 is 0 Å². The van der Waals surface area contributed by atoms with Crippen LogP contribution >= 0.6 is 11.8 Å². The van der Waals surface area contributed by atoms with Gasteiger partial charge in [0, 0.05) is 23.9 Å². The Kier molecular flexibility index (Phi) is 3.85. The molecule has 86 valence electrons. The van der Waals surface area contributed by atoms with E-state index in [1.54, 1.807) is 12.1 Å². The molecule has 3 N–H and O–H groups in total. The van der Waals surface area contributed by atoms with Crippen molar-refractivity contribution in [1.29, 1.82) is 0 Å². The number of thioether (sulfide) groups is 1. The summed E-state index contributed by atoms with van der Waals surface area (Å²) in [6.45, 7) is 0.865. The zero-order chi connectivity index (χ0) is 11.4. The third-order valence-corrected chi connectivity index (χ3v) is 3.93. The van der Waals surface area contributed by atoms with Crippen LogP contribution in [0.25, 0.3) is 0 Å². The number of nitrogens with two attached hydrogens (primary N) is 1. The van der Waals surface area contributed by atoms with Gasteiger partial charge in [-0.1, -0.05) is 12.1 Å². The number of carbonyl (C=O) groups excluding carboxylic acids is 1. The molecule has 3 nitrogen and oxygen atoms in total. The van der Waals surface area contributed by atoms with Gasteiger partial charge in [0.1, 0.15) is 0 Å². The third kappa shape index (κ3) is 3.00. The Balaban J connectivity index is 1.87. The van der Waals surface area contributed by atoms with Crippen LogP contribution in [-0.4, -0.2) is 23.5 Å². The van der Waals surface area contributed by atoms with Crippen LogP contribution in [0.1, 0.15) is 22.3 Å². The molecule has 1 aliphatic heterocycles. The van der Waals surface area contributed by atoms with Gasteiger partial charge < -0.3 is 11.1 Å². The van der Waals surface area contributed by atoms with Crippen LogP contribution in [0.15, 0.2) is 24.3 Å². The van der Waals surface area contributed by atoms with Crippen LogP contribution in [0.4, 0.5) is 0 Å². The average molecular weight is 236 g/mol. The standard InChI is InChI=1S/C12H16N2OS/c13-12(15)10-3-1-9(2-4-10)7-14-11-5-6-16-8-11/h1-4,11,14H,5-8H2,(H2,13,15). The number of carbonyl (C=O) groups is 1. The molecule has 1 unspecified atom stereocenters. The first-order chi connectivity index (χ1) is 7.75. The fraction of sp³-hybridized carbons (Fsp3) is 0.417. The molecule has 0 bridgehead atoms. The lowest BCUT2D eigenvalue weighted by atomic mass is 10.1. The van der Waals surface area contributed by atoms with Crippen molar-refractivity contribution in [3.63, 3.8) is 0 Å². The molecule has 0 spiro atoms. The van der Waals surface area contributed by atoms with Crippen molar-refractivity contribution in [3.05, 3.63) is 35.4 Å². The number of primary amides is 1. The minimum atomic E-state index is -0.369. The molecule has 16 heavy (non-hydrogen) atoms. The molecule has 0 aliphatic carbocycles. The predicted octanol–water partition coefficient (Wildman–Crippen LogP) is 1.38. The summed E-state index contributed by atoms with van der Waals surface area (Å²) in [7, 11) is 0. The summed E-state index contributed by atoms with van der Waals surface area (Å²) in [5, 5.41) is 3.51. The summed E-state index contributed by atoms with van der Waals surface area (Å²) in [5.41, 5.74) is 6.95. The van der Waals surface area contributed by atoms with E-state index in [-0.39, 0.29) is 5.91 Å². The van der Waals surface area contributed by atoms with Crippen LogP contribution in [0.2, 0.25) is 0 Å². The van der Waals surface area contributed by atoms with Crippen LogP contribution in [0, 0.1) is 0 Å². The lowest BCUT2D eigenvalue weighted by molar-refractivity contribution is 0.100. The van der Waals surface area contributed by atoms with Crippen molar-refractivity contribution >= 4 is 17.7 Å². The molecule has 1 fully saturated rings. The maximum atomic E-state index is 10.9. The maximum absolute atomic E-state index is 10.9. The van der Waals surface area contributed by atoms with Gasteiger partial charge >= 0.3 is 0 Å². The normalized spacial score (nSPS) is 19.9. The minimum absolute atomic E-state index is 0.369. The maximum Gasteiger partial charge on any atom is 0.248 e. The number of hydrogen-bond donors (Lipinski definition) is 2. The van der Waals surface area contributed by atoms with E-state index in [0.717, 1.165) is 6.54 Å². The zero-order valence-electron chi connectivity index (χ0n) is 9.11. The third-order valence-electron chi connectivity index (χ3n) is 2.76. The van der Waals surface area contributed by atoms with E-state index in [1.807, 2.05) is 23.9 Å². The molecule has 1 amide bonds. The molecule has 4 heteroatoms. The van der Waals surface area contributed by atoms with Crippen molar-refractivity contribution < 1.29 is 4.79 Å². The molecular weight excluding hydrogens is 220 g/mol. The monoisotopic (exact) mass is 236 g/mol. The van der Waals surface area contributed by atoms with Crippen molar-refractivity contribution in [2.45, 2.75) is 19.0 Å². The zero-order valence-corrected chi connectivity index (χ0v) is 9.93. The number of hydrogen-bond acceptors (Lipinski definition) is 3. The summed E-state index contributed by atoms with van der Waals surface area (Å²) < 4.78 is 0. The van der Waals surface area contributed by atoms with Gasteiger partial charge in [0.25, 0.3) is 0 Å². The largest absolute Gasteiger partial charge is 0.366 e. The molecule has 1 aromatic carbocycles. The first kappa shape index (κ1) is 11.5. The highest BCUT2D eigenvalue weighted by Gasteiger charge is 2.14. The fourth-order valence-corrected chi connectivity index (χ4v) is 2.93. The van der Waals surface area contributed by atoms with Gasteiger partial charge in [0.05, 0.1) is 0 Å². The Morgan fingerprint density at radius 3 is 2.75 bits per heavy atom. The number of rotatable bonds is 4. The van der Waals surface area contributed by atoms with E-state index in [9.17, 15) is 4.79 Å². The highest BCUT2D eigenvalue weighted by molar-refractivity contribution is 7.99. The summed E-state index contributed by atoms with van der Waals surface area (Å²) in [5.74, 6) is 2.10. The van der Waals surface area contributed by atoms with Gasteiger partial charge in [-0.05, 0) is 29.9 Å². The van der Waals surface area contributed by atoms with E-state index in [1.165, 1.54) is 23.5 Å². The highest BCUT2D eigenvalue weighted by Crippen LogP contribution is 2.17. The van der Waals surface area contributed by atoms with Crippen LogP contribution in [0.5, 0.6) is 0 Å². The first-order valence-electron chi connectivity index (χ1n) is 5.45. The van der Waals surface area contributed by atoms with Gasteiger partial charge in [-0.2, -0.15) is 11.8 Å². The number of amides is 1. The SMILES string of the molecule is NC(=O)c1ccc(CNC2CCSC2)cc1. The van der Waals surface area contributed by atoms with Crippen LogP contribution in [0.3, 0.4) is 0 Å². The second kappa shape index (κ2) is 5.37. The van der Waals surface area contributed by atoms with E-state index in [0.29, 0.717) is 11.6 Å². The fourth-order valence-electron chi connectivity index (χ4n) is 1.74. The second-order valence-corrected chi connectivity index (χ2v) is 5.15. The molecule has 0 radical (unpaired) electrons. The van der Waals surface area contributed by atoms with E-state index in [4.69, 9.17) is 5.73 Å². The average Bonchev–Trinajstić information content (AvgIpc) is 2.80. The van der Waals surface area contributed by atoms with Crippen LogP contribution in [-0.2, 0) is 6.54 Å². The molecule has 1 aromatic rings. The van der Waals surface area contributed by atoms with Crippen LogP contribution < -0.4 is 11.1 Å². The van der Waals surface area contributed by atoms with E-state index < -0.39 is 0 Å². The highest BCUT2D eigenvalue weighted by atomic mass is 32.2. The van der Waals surface area contributed by atoms with Crippen molar-refractivity contribution in [2.24, 2.45) is 5.73 Å². The predicted molar refractivity (Wildman–Crippen MR) is 67.5 cm³/mol. The van der Waals surface area contributed by atoms with Gasteiger partial charge in [-0.15, -0.1) is 0 Å². The quantitative estimate of drug-likeness (QED) is 0.830. The topological polar surface area (TPSA) is 55.1 Å². The van der Waals surface area contributed by atoms with Crippen molar-refractivity contribution in [3.8, 4) is 0 Å². The summed E-state index contributed by atoms with van der Waals surface area (Å²) in [6.07, 6.45) is 1.25. The van der Waals surface area contributed by atoms with Gasteiger partial charge in [0.15, 0.2) is 0 Å². The van der Waals surface area contributed by atoms with Gasteiger partial charge in [0.2, 0.25) is 5.91 Å². The minimum Gasteiger partial charge on any atom is -0.366 e. The molecular formula is C12H16N2OS. The molecule has 1 aliphatic rings. The van der Waals surface area contributed by atoms with E-state index in [2.05, 4.69) is 5.32 Å². The molecule has 1 saturated heterocycles. The van der Waals surface area contributed by atoms with Gasteiger partial charge in [-0.25, -0.2) is 0 Å². The first-order valence-corrected chi connectivity index (χ1v) is 6.61. The summed E-state index contributed by atoms with van der Waals surface area (Å²) in [6, 6.07) is 8.11. The Labute approximate surface area is 99.8 Å². The lowest BCUT2D eigenvalue weighted by Crippen LogP contribution is -2.27. The molecule has 1 atom stereocenters. The molecule has 0 saturated carbocycles. The molecule has 1 heterocycles. The lowest BCUT2D eigenvalue weighted by Gasteiger charge is -2.11. The Hall–Kier alpha value is -1.00. The van der Waals surface area contributed by atoms with Gasteiger partial charge in [-0.3, -0.25) is 4.79 Å². The smallest absolute Gasteiger partial charge is 0.248 e. The summed E-state index contributed by atoms with van der Waals surface area (Å²) >= 11 is 2.00. The molecule has 2 rings (SSSR count). The van der Waals surface area contributed by atoms with Crippen molar-refractivity contribution in [2.75, 3.05) is 11.5 Å². The van der Waals surface area contributed by atoms with Crippen molar-refractivity contribution in [1.82, 2.24) is 5.32 Å². The Morgan fingerprint density at radius 1 is 1.44 bits per heavy atom. The number of nitrogens with one attached hydrogen (secondary N) is 1. The Morgan fingerprint density at radius 2 is 2.19 bits per heavy atom. The Bertz CT molecular complexity index is 358. The number of benzene rings is 1. The molecule has 0 aromatic heterocycles.